The van der Waals surface area contributed by atoms with Crippen LogP contribution < -0.4 is 15.4 Å². The van der Waals surface area contributed by atoms with Crippen LogP contribution >= 0.6 is 11.8 Å². The van der Waals surface area contributed by atoms with Gasteiger partial charge in [-0.05, 0) is 30.3 Å². The van der Waals surface area contributed by atoms with Gasteiger partial charge in [0.05, 0.1) is 13.7 Å². The fraction of sp³-hybridized carbons (Fsp3) is 0.200. The van der Waals surface area contributed by atoms with Gasteiger partial charge < -0.3 is 20.2 Å². The first-order valence-electron chi connectivity index (χ1n) is 9.85. The van der Waals surface area contributed by atoms with Crippen molar-refractivity contribution in [3.63, 3.8) is 0 Å². The Balaban J connectivity index is 0.000000570. The number of para-hydroxylation sites is 1. The van der Waals surface area contributed by atoms with Crippen molar-refractivity contribution in [3.05, 3.63) is 85.5 Å². The number of nitrogens with one attached hydrogen (secondary N) is 2. The molecule has 2 aromatic rings. The minimum absolute atomic E-state index is 0.0150. The van der Waals surface area contributed by atoms with Gasteiger partial charge in [-0.2, -0.15) is 0 Å². The van der Waals surface area contributed by atoms with Crippen molar-refractivity contribution in [2.24, 2.45) is 0 Å². The zero-order valence-corrected chi connectivity index (χ0v) is 19.5. The summed E-state index contributed by atoms with van der Waals surface area (Å²) in [7, 11) is 3.62. The van der Waals surface area contributed by atoms with Crippen LogP contribution in [0.2, 0.25) is 0 Å². The number of carbonyl (C=O) groups excluding carboxylic acids is 2. The second-order valence-electron chi connectivity index (χ2n) is 5.47. The molecular formula is C25H32N2O3S. The highest BCUT2D eigenvalue weighted by atomic mass is 32.2. The molecule has 0 unspecified atom stereocenters. The van der Waals surface area contributed by atoms with E-state index in [1.807, 2.05) is 51.2 Å². The summed E-state index contributed by atoms with van der Waals surface area (Å²) in [5.74, 6) is 0.564. The molecule has 0 heterocycles. The van der Waals surface area contributed by atoms with E-state index in [1.165, 1.54) is 28.0 Å². The molecule has 5 nitrogen and oxygen atoms in total. The number of hydrogen-bond acceptors (Lipinski definition) is 5. The van der Waals surface area contributed by atoms with Crippen molar-refractivity contribution in [3.8, 4) is 5.75 Å². The van der Waals surface area contributed by atoms with Crippen LogP contribution in [-0.4, -0.2) is 32.9 Å². The summed E-state index contributed by atoms with van der Waals surface area (Å²) in [4.78, 5) is 23.3. The number of amides is 1. The molecule has 0 atom stereocenters. The highest BCUT2D eigenvalue weighted by molar-refractivity contribution is 7.99. The number of allylic oxidation sites excluding steroid dienone is 2. The molecule has 0 aliphatic rings. The van der Waals surface area contributed by atoms with Crippen LogP contribution in [0.3, 0.4) is 0 Å². The third-order valence-electron chi connectivity index (χ3n) is 3.55. The average Bonchev–Trinajstić information content (AvgIpc) is 2.83. The SMILES string of the molecule is C=C/C=C(\C=C)C(=O)NCC=O.CC.CNc1ccccc1Sc1cccc(OC)c1. The van der Waals surface area contributed by atoms with Crippen LogP contribution in [0.5, 0.6) is 5.75 Å². The average molecular weight is 441 g/mol. The second-order valence-corrected chi connectivity index (χ2v) is 6.58. The zero-order chi connectivity index (χ0) is 23.5. The summed E-state index contributed by atoms with van der Waals surface area (Å²) < 4.78 is 5.22. The van der Waals surface area contributed by atoms with E-state index >= 15 is 0 Å². The Hall–Kier alpha value is -3.25. The van der Waals surface area contributed by atoms with Crippen molar-refractivity contribution < 1.29 is 14.3 Å². The van der Waals surface area contributed by atoms with Crippen molar-refractivity contribution in [2.45, 2.75) is 23.6 Å². The summed E-state index contributed by atoms with van der Waals surface area (Å²) in [5.41, 5.74) is 1.53. The Morgan fingerprint density at radius 1 is 1.13 bits per heavy atom. The summed E-state index contributed by atoms with van der Waals surface area (Å²) in [6.45, 7) is 10.9. The molecule has 0 fully saturated rings. The van der Waals surface area contributed by atoms with Gasteiger partial charge in [0.2, 0.25) is 0 Å². The van der Waals surface area contributed by atoms with Gasteiger partial charge >= 0.3 is 0 Å². The Bertz CT molecular complexity index is 863. The van der Waals surface area contributed by atoms with Crippen molar-refractivity contribution in [1.82, 2.24) is 5.32 Å². The van der Waals surface area contributed by atoms with Gasteiger partial charge in [0.15, 0.2) is 0 Å². The molecule has 0 radical (unpaired) electrons. The molecule has 0 bridgehead atoms. The van der Waals surface area contributed by atoms with Crippen LogP contribution in [0, 0.1) is 0 Å². The van der Waals surface area contributed by atoms with E-state index in [9.17, 15) is 9.59 Å². The van der Waals surface area contributed by atoms with Gasteiger partial charge in [-0.25, -0.2) is 0 Å². The molecule has 2 aromatic carbocycles. The third-order valence-corrected chi connectivity index (χ3v) is 4.62. The number of carbonyl (C=O) groups is 2. The fourth-order valence-electron chi connectivity index (χ4n) is 2.15. The second kappa shape index (κ2) is 17.6. The minimum Gasteiger partial charge on any atom is -0.497 e. The van der Waals surface area contributed by atoms with Crippen LogP contribution in [0.1, 0.15) is 13.8 Å². The molecule has 0 saturated carbocycles. The Morgan fingerprint density at radius 3 is 2.42 bits per heavy atom. The third kappa shape index (κ3) is 10.9. The van der Waals surface area contributed by atoms with E-state index in [2.05, 4.69) is 42.0 Å². The first-order chi connectivity index (χ1) is 15.1. The molecule has 0 aromatic heterocycles. The number of rotatable bonds is 9. The van der Waals surface area contributed by atoms with E-state index in [0.29, 0.717) is 11.9 Å². The molecule has 2 rings (SSSR count). The highest BCUT2D eigenvalue weighted by Gasteiger charge is 2.03. The van der Waals surface area contributed by atoms with Gasteiger partial charge in [-0.1, -0.05) is 75.2 Å². The van der Waals surface area contributed by atoms with Gasteiger partial charge in [-0.3, -0.25) is 4.79 Å². The van der Waals surface area contributed by atoms with Gasteiger partial charge in [-0.15, -0.1) is 0 Å². The van der Waals surface area contributed by atoms with Crippen LogP contribution in [0.25, 0.3) is 0 Å². The van der Waals surface area contributed by atoms with Crippen LogP contribution in [-0.2, 0) is 9.59 Å². The largest absolute Gasteiger partial charge is 0.497 e. The normalized spacial score (nSPS) is 9.61. The van der Waals surface area contributed by atoms with Crippen LogP contribution in [0.15, 0.2) is 95.3 Å². The van der Waals surface area contributed by atoms with Crippen molar-refractivity contribution in [2.75, 3.05) is 26.0 Å². The molecule has 0 spiro atoms. The number of benzene rings is 2. The maximum absolute atomic E-state index is 11.1. The number of hydrogen-bond donors (Lipinski definition) is 2. The molecule has 166 valence electrons. The highest BCUT2D eigenvalue weighted by Crippen LogP contribution is 2.34. The predicted molar refractivity (Wildman–Crippen MR) is 132 cm³/mol. The Morgan fingerprint density at radius 2 is 1.84 bits per heavy atom. The van der Waals surface area contributed by atoms with E-state index in [4.69, 9.17) is 4.74 Å². The molecule has 31 heavy (non-hydrogen) atoms. The first kappa shape index (κ1) is 27.8. The van der Waals surface area contributed by atoms with E-state index in [0.717, 1.165) is 11.4 Å². The van der Waals surface area contributed by atoms with Gasteiger partial charge in [0, 0.05) is 28.1 Å². The molecule has 0 aliphatic carbocycles. The van der Waals surface area contributed by atoms with E-state index < -0.39 is 0 Å². The monoisotopic (exact) mass is 440 g/mol. The molecule has 6 heteroatoms. The van der Waals surface area contributed by atoms with Crippen molar-refractivity contribution >= 4 is 29.6 Å². The smallest absolute Gasteiger partial charge is 0.251 e. The van der Waals surface area contributed by atoms with E-state index in [1.54, 1.807) is 18.9 Å². The molecule has 0 saturated heterocycles. The van der Waals surface area contributed by atoms with Crippen LogP contribution in [0.4, 0.5) is 5.69 Å². The quantitative estimate of drug-likeness (QED) is 0.306. The lowest BCUT2D eigenvalue weighted by Gasteiger charge is -2.09. The summed E-state index contributed by atoms with van der Waals surface area (Å²) >= 11 is 1.73. The summed E-state index contributed by atoms with van der Waals surface area (Å²) in [5, 5.41) is 5.57. The molecule has 1 amide bonds. The lowest BCUT2D eigenvalue weighted by molar-refractivity contribution is -0.119. The zero-order valence-electron chi connectivity index (χ0n) is 18.7. The topological polar surface area (TPSA) is 67.4 Å². The number of anilines is 1. The number of methoxy groups -OCH3 is 1. The standard InChI is InChI=1S/C14H15NOS.C9H11NO2.C2H6/c1-15-13-8-3-4-9-14(13)17-12-7-5-6-11(10-12)16-2;1-3-5-8(4-2)9(12)10-6-7-11;1-2/h3-10,15H,1-2H3;3-5,7H,1-2,6H2,(H,10,12);1-2H3/b;8-5+;. The van der Waals surface area contributed by atoms with Gasteiger partial charge in [0.1, 0.15) is 12.0 Å². The maximum Gasteiger partial charge on any atom is 0.251 e. The van der Waals surface area contributed by atoms with Gasteiger partial charge in [0.25, 0.3) is 5.91 Å². The lowest BCUT2D eigenvalue weighted by Crippen LogP contribution is -2.25. The summed E-state index contributed by atoms with van der Waals surface area (Å²) in [6, 6.07) is 16.3. The first-order valence-corrected chi connectivity index (χ1v) is 10.7. The molecular weight excluding hydrogens is 408 g/mol. The van der Waals surface area contributed by atoms with E-state index in [-0.39, 0.29) is 12.5 Å². The Kier molecular flexibility index (Phi) is 15.8. The Labute approximate surface area is 190 Å². The predicted octanol–water partition coefficient (Wildman–Crippen LogP) is 5.51. The maximum atomic E-state index is 11.1. The lowest BCUT2D eigenvalue weighted by atomic mass is 10.2. The minimum atomic E-state index is -0.322. The fourth-order valence-corrected chi connectivity index (χ4v) is 3.16. The summed E-state index contributed by atoms with van der Waals surface area (Å²) in [6.07, 6.45) is 5.03. The van der Waals surface area contributed by atoms with Crippen molar-refractivity contribution in [1.29, 1.82) is 0 Å². The molecule has 0 aliphatic heterocycles. The number of ether oxygens (including phenoxy) is 1. The number of aldehydes is 1. The molecule has 2 N–H and O–H groups in total.